The van der Waals surface area contributed by atoms with Gasteiger partial charge in [-0.3, -0.25) is 9.59 Å². The largest absolute Gasteiger partial charge is 0.321 e. The second-order valence-corrected chi connectivity index (χ2v) is 6.62. The Hall–Kier alpha value is -3.25. The Morgan fingerprint density at radius 3 is 2.07 bits per heavy atom. The maximum Gasteiger partial charge on any atom is 0.274 e. The Morgan fingerprint density at radius 2 is 1.46 bits per heavy atom. The zero-order valence-electron chi connectivity index (χ0n) is 15.2. The van der Waals surface area contributed by atoms with Crippen LogP contribution in [-0.2, 0) is 0 Å². The van der Waals surface area contributed by atoms with Crippen molar-refractivity contribution >= 4 is 34.8 Å². The highest BCUT2D eigenvalue weighted by Gasteiger charge is 2.15. The van der Waals surface area contributed by atoms with E-state index in [1.807, 2.05) is 32.0 Å². The van der Waals surface area contributed by atoms with Crippen molar-refractivity contribution in [3.8, 4) is 0 Å². The van der Waals surface area contributed by atoms with Crippen LogP contribution in [0.1, 0.15) is 32.1 Å². The summed E-state index contributed by atoms with van der Waals surface area (Å²) in [6.07, 6.45) is 0. The summed E-state index contributed by atoms with van der Waals surface area (Å²) < 4.78 is 13.2. The molecule has 0 spiro atoms. The van der Waals surface area contributed by atoms with E-state index in [0.29, 0.717) is 11.4 Å². The van der Waals surface area contributed by atoms with E-state index in [9.17, 15) is 14.0 Å². The summed E-state index contributed by atoms with van der Waals surface area (Å²) in [5, 5.41) is 5.30. The Morgan fingerprint density at radius 1 is 0.893 bits per heavy atom. The van der Waals surface area contributed by atoms with Crippen molar-refractivity contribution in [2.24, 2.45) is 0 Å². The third-order valence-corrected chi connectivity index (χ3v) is 4.40. The number of nitrogens with one attached hydrogen (secondary N) is 2. The standard InChI is InChI=1S/C21H17ClFN3O2/c1-12-5-3-6-13(2)19(12)26-21(28)18-8-4-7-17(25-18)20(27)24-14-9-10-16(23)15(22)11-14/h3-11H,1-2H3,(H,24,27)(H,26,28). The normalized spacial score (nSPS) is 10.4. The van der Waals surface area contributed by atoms with Crippen molar-refractivity contribution in [1.29, 1.82) is 0 Å². The number of nitrogens with zero attached hydrogens (tertiary/aromatic N) is 1. The molecule has 2 amide bonds. The molecule has 1 heterocycles. The minimum Gasteiger partial charge on any atom is -0.321 e. The fourth-order valence-corrected chi connectivity index (χ4v) is 2.83. The number of hydrogen-bond acceptors (Lipinski definition) is 3. The predicted molar refractivity (Wildman–Crippen MR) is 107 cm³/mol. The highest BCUT2D eigenvalue weighted by molar-refractivity contribution is 6.31. The Labute approximate surface area is 166 Å². The van der Waals surface area contributed by atoms with Crippen molar-refractivity contribution in [2.75, 3.05) is 10.6 Å². The lowest BCUT2D eigenvalue weighted by Gasteiger charge is -2.11. The lowest BCUT2D eigenvalue weighted by Crippen LogP contribution is -2.19. The summed E-state index contributed by atoms with van der Waals surface area (Å²) in [7, 11) is 0. The highest BCUT2D eigenvalue weighted by atomic mass is 35.5. The van der Waals surface area contributed by atoms with Crippen LogP contribution >= 0.6 is 11.6 Å². The van der Waals surface area contributed by atoms with Gasteiger partial charge in [-0.2, -0.15) is 0 Å². The van der Waals surface area contributed by atoms with E-state index >= 15 is 0 Å². The van der Waals surface area contributed by atoms with Crippen LogP contribution in [0.4, 0.5) is 15.8 Å². The zero-order chi connectivity index (χ0) is 20.3. The number of hydrogen-bond donors (Lipinski definition) is 2. The van der Waals surface area contributed by atoms with E-state index in [-0.39, 0.29) is 16.4 Å². The molecular weight excluding hydrogens is 381 g/mol. The van der Waals surface area contributed by atoms with Gasteiger partial charge in [0.25, 0.3) is 11.8 Å². The topological polar surface area (TPSA) is 71.1 Å². The number of pyridine rings is 1. The van der Waals surface area contributed by atoms with E-state index in [1.54, 1.807) is 6.07 Å². The molecule has 0 aliphatic heterocycles. The molecule has 3 rings (SSSR count). The molecular formula is C21H17ClFN3O2. The lowest BCUT2D eigenvalue weighted by molar-refractivity contribution is 0.101. The van der Waals surface area contributed by atoms with E-state index in [0.717, 1.165) is 17.2 Å². The summed E-state index contributed by atoms with van der Waals surface area (Å²) in [5.74, 6) is -1.54. The molecule has 2 aromatic carbocycles. The molecule has 0 radical (unpaired) electrons. The molecule has 0 atom stereocenters. The van der Waals surface area contributed by atoms with Gasteiger partial charge in [-0.05, 0) is 55.3 Å². The highest BCUT2D eigenvalue weighted by Crippen LogP contribution is 2.21. The van der Waals surface area contributed by atoms with Gasteiger partial charge in [-0.1, -0.05) is 35.9 Å². The summed E-state index contributed by atoms with van der Waals surface area (Å²) >= 11 is 5.72. The Kier molecular flexibility index (Phi) is 5.70. The molecule has 28 heavy (non-hydrogen) atoms. The van der Waals surface area contributed by atoms with Gasteiger partial charge < -0.3 is 10.6 Å². The number of carbonyl (C=O) groups is 2. The predicted octanol–water partition coefficient (Wildman–Crippen LogP) is 5.00. The van der Waals surface area contributed by atoms with Crippen LogP contribution in [0.3, 0.4) is 0 Å². The van der Waals surface area contributed by atoms with Gasteiger partial charge in [-0.25, -0.2) is 9.37 Å². The molecule has 7 heteroatoms. The molecule has 0 aliphatic carbocycles. The molecule has 0 saturated heterocycles. The Bertz CT molecular complexity index is 1050. The van der Waals surface area contributed by atoms with Crippen LogP contribution in [-0.4, -0.2) is 16.8 Å². The van der Waals surface area contributed by atoms with E-state index in [2.05, 4.69) is 15.6 Å². The van der Waals surface area contributed by atoms with E-state index in [4.69, 9.17) is 11.6 Å². The molecule has 2 N–H and O–H groups in total. The summed E-state index contributed by atoms with van der Waals surface area (Å²) in [6, 6.07) is 14.1. The molecule has 5 nitrogen and oxygen atoms in total. The van der Waals surface area contributed by atoms with Crippen LogP contribution in [0.15, 0.2) is 54.6 Å². The zero-order valence-corrected chi connectivity index (χ0v) is 16.0. The number of benzene rings is 2. The summed E-state index contributed by atoms with van der Waals surface area (Å²) in [5.41, 5.74) is 3.04. The number of rotatable bonds is 4. The number of carbonyl (C=O) groups excluding carboxylic acids is 2. The smallest absolute Gasteiger partial charge is 0.274 e. The third-order valence-electron chi connectivity index (χ3n) is 4.11. The van der Waals surface area contributed by atoms with Gasteiger partial charge in [0.1, 0.15) is 17.2 Å². The SMILES string of the molecule is Cc1cccc(C)c1NC(=O)c1cccc(C(=O)Nc2ccc(F)c(Cl)c2)n1. The van der Waals surface area contributed by atoms with Gasteiger partial charge in [0.2, 0.25) is 0 Å². The van der Waals surface area contributed by atoms with Crippen molar-refractivity contribution in [2.45, 2.75) is 13.8 Å². The molecule has 0 aliphatic rings. The molecule has 0 saturated carbocycles. The maximum atomic E-state index is 13.2. The first-order valence-corrected chi connectivity index (χ1v) is 8.84. The number of aryl methyl sites for hydroxylation is 2. The molecule has 142 valence electrons. The number of amides is 2. The molecule has 0 bridgehead atoms. The van der Waals surface area contributed by atoms with Gasteiger partial charge in [-0.15, -0.1) is 0 Å². The van der Waals surface area contributed by atoms with E-state index < -0.39 is 17.6 Å². The summed E-state index contributed by atoms with van der Waals surface area (Å²) in [4.78, 5) is 29.1. The Balaban J connectivity index is 1.78. The molecule has 1 aromatic heterocycles. The van der Waals surface area contributed by atoms with Crippen LogP contribution in [0.2, 0.25) is 5.02 Å². The fourth-order valence-electron chi connectivity index (χ4n) is 2.65. The van der Waals surface area contributed by atoms with Crippen LogP contribution in [0.5, 0.6) is 0 Å². The minimum atomic E-state index is -0.581. The van der Waals surface area contributed by atoms with E-state index in [1.165, 1.54) is 24.3 Å². The van der Waals surface area contributed by atoms with Gasteiger partial charge in [0.05, 0.1) is 5.02 Å². The number of aromatic nitrogens is 1. The second kappa shape index (κ2) is 8.19. The monoisotopic (exact) mass is 397 g/mol. The first-order valence-electron chi connectivity index (χ1n) is 8.46. The number of para-hydroxylation sites is 1. The first-order chi connectivity index (χ1) is 13.3. The molecule has 3 aromatic rings. The maximum absolute atomic E-state index is 13.2. The average molecular weight is 398 g/mol. The van der Waals surface area contributed by atoms with Crippen LogP contribution in [0.25, 0.3) is 0 Å². The summed E-state index contributed by atoms with van der Waals surface area (Å²) in [6.45, 7) is 3.79. The third kappa shape index (κ3) is 4.35. The average Bonchev–Trinajstić information content (AvgIpc) is 2.67. The lowest BCUT2D eigenvalue weighted by atomic mass is 10.1. The molecule has 0 unspecified atom stereocenters. The first kappa shape index (κ1) is 19.5. The van der Waals surface area contributed by atoms with Gasteiger partial charge in [0, 0.05) is 11.4 Å². The van der Waals surface area contributed by atoms with Gasteiger partial charge in [0.15, 0.2) is 0 Å². The van der Waals surface area contributed by atoms with Crippen molar-refractivity contribution < 1.29 is 14.0 Å². The second-order valence-electron chi connectivity index (χ2n) is 6.21. The van der Waals surface area contributed by atoms with Gasteiger partial charge >= 0.3 is 0 Å². The quantitative estimate of drug-likeness (QED) is 0.651. The number of halogens is 2. The number of anilines is 2. The van der Waals surface area contributed by atoms with Crippen molar-refractivity contribution in [3.63, 3.8) is 0 Å². The fraction of sp³-hybridized carbons (Fsp3) is 0.0952. The van der Waals surface area contributed by atoms with Crippen LogP contribution < -0.4 is 10.6 Å². The van der Waals surface area contributed by atoms with Crippen molar-refractivity contribution in [3.05, 3.63) is 88.0 Å². The van der Waals surface area contributed by atoms with Crippen LogP contribution in [0, 0.1) is 19.7 Å². The molecule has 0 fully saturated rings. The minimum absolute atomic E-state index is 0.0506. The van der Waals surface area contributed by atoms with Crippen molar-refractivity contribution in [1.82, 2.24) is 4.98 Å².